The van der Waals surface area contributed by atoms with Crippen molar-refractivity contribution in [3.05, 3.63) is 23.9 Å². The molecule has 1 rings (SSSR count). The molecule has 0 aliphatic rings. The molecule has 0 bridgehead atoms. The number of anilines is 1. The largest absolute Gasteiger partial charge is 0.396 e. The Labute approximate surface area is 102 Å². The van der Waals surface area contributed by atoms with Crippen LogP contribution in [0.4, 0.5) is 5.82 Å². The summed E-state index contributed by atoms with van der Waals surface area (Å²) in [7, 11) is 0. The van der Waals surface area contributed by atoms with Crippen LogP contribution in [0.3, 0.4) is 0 Å². The van der Waals surface area contributed by atoms with E-state index in [0.29, 0.717) is 24.3 Å². The fourth-order valence-corrected chi connectivity index (χ4v) is 1.75. The van der Waals surface area contributed by atoms with Crippen molar-refractivity contribution in [2.75, 3.05) is 18.1 Å². The quantitative estimate of drug-likeness (QED) is 0.766. The average molecular weight is 236 g/mol. The van der Waals surface area contributed by atoms with Gasteiger partial charge in [-0.1, -0.05) is 0 Å². The van der Waals surface area contributed by atoms with E-state index < -0.39 is 0 Å². The molecule has 17 heavy (non-hydrogen) atoms. The minimum Gasteiger partial charge on any atom is -0.396 e. The van der Waals surface area contributed by atoms with Crippen LogP contribution < -0.4 is 4.90 Å². The highest BCUT2D eigenvalue weighted by atomic mass is 16.3. The van der Waals surface area contributed by atoms with E-state index in [2.05, 4.69) is 18.8 Å². The molecule has 0 saturated carbocycles. The molecule has 4 heteroatoms. The van der Waals surface area contributed by atoms with Crippen molar-refractivity contribution in [2.45, 2.75) is 33.2 Å². The van der Waals surface area contributed by atoms with Gasteiger partial charge >= 0.3 is 0 Å². The summed E-state index contributed by atoms with van der Waals surface area (Å²) < 4.78 is 0. The monoisotopic (exact) mass is 236 g/mol. The highest BCUT2D eigenvalue weighted by Gasteiger charge is 2.17. The molecule has 4 nitrogen and oxygen atoms in total. The molecule has 0 fully saturated rings. The van der Waals surface area contributed by atoms with Gasteiger partial charge in [-0.15, -0.1) is 0 Å². The zero-order valence-corrected chi connectivity index (χ0v) is 10.7. The first-order valence-electron chi connectivity index (χ1n) is 5.91. The lowest BCUT2D eigenvalue weighted by atomic mass is 10.1. The predicted octanol–water partition coefficient (Wildman–Crippen LogP) is 1.88. The Kier molecular flexibility index (Phi) is 5.10. The topological polar surface area (TPSA) is 53.4 Å². The maximum Gasteiger partial charge on any atom is 0.163 e. The Morgan fingerprint density at radius 1 is 1.53 bits per heavy atom. The van der Waals surface area contributed by atoms with E-state index >= 15 is 0 Å². The van der Waals surface area contributed by atoms with Crippen LogP contribution >= 0.6 is 0 Å². The Bertz CT molecular complexity index is 377. The molecule has 94 valence electrons. The number of hydrogen-bond donors (Lipinski definition) is 1. The van der Waals surface area contributed by atoms with Gasteiger partial charge in [0.05, 0.1) is 5.56 Å². The minimum absolute atomic E-state index is 0.0164. The maximum absolute atomic E-state index is 11.6. The summed E-state index contributed by atoms with van der Waals surface area (Å²) in [6, 6.07) is 3.80. The molecule has 0 saturated heterocycles. The second kappa shape index (κ2) is 6.35. The Balaban J connectivity index is 3.04. The van der Waals surface area contributed by atoms with Gasteiger partial charge in [0.1, 0.15) is 5.82 Å². The van der Waals surface area contributed by atoms with E-state index in [1.165, 1.54) is 0 Å². The number of aliphatic hydroxyl groups excluding tert-OH is 1. The summed E-state index contributed by atoms with van der Waals surface area (Å²) in [6.45, 7) is 6.49. The predicted molar refractivity (Wildman–Crippen MR) is 68.4 cm³/mol. The standard InChI is InChI=1S/C13H20N2O2/c1-10(2)15(8-5-9-16)13-12(11(3)17)6-4-7-14-13/h4,6-7,10,16H,5,8-9H2,1-3H3. The molecule has 0 atom stereocenters. The number of pyridine rings is 1. The molecular weight excluding hydrogens is 216 g/mol. The second-order valence-corrected chi connectivity index (χ2v) is 4.30. The Morgan fingerprint density at radius 2 is 2.24 bits per heavy atom. The van der Waals surface area contributed by atoms with Crippen LogP contribution in [0.2, 0.25) is 0 Å². The highest BCUT2D eigenvalue weighted by molar-refractivity contribution is 5.98. The van der Waals surface area contributed by atoms with Gasteiger partial charge in [-0.3, -0.25) is 4.79 Å². The molecule has 0 amide bonds. The summed E-state index contributed by atoms with van der Waals surface area (Å²) in [6.07, 6.45) is 2.36. The van der Waals surface area contributed by atoms with Crippen molar-refractivity contribution in [1.82, 2.24) is 4.98 Å². The lowest BCUT2D eigenvalue weighted by Crippen LogP contribution is -2.34. The third-order valence-electron chi connectivity index (χ3n) is 2.62. The Hall–Kier alpha value is -1.42. The summed E-state index contributed by atoms with van der Waals surface area (Å²) in [5.41, 5.74) is 0.638. The van der Waals surface area contributed by atoms with Crippen molar-refractivity contribution in [1.29, 1.82) is 0 Å². The third kappa shape index (κ3) is 3.53. The van der Waals surface area contributed by atoms with Crippen LogP contribution in [0.5, 0.6) is 0 Å². The summed E-state index contributed by atoms with van der Waals surface area (Å²) in [4.78, 5) is 17.9. The van der Waals surface area contributed by atoms with Gasteiger partial charge in [0.2, 0.25) is 0 Å². The van der Waals surface area contributed by atoms with Crippen molar-refractivity contribution in [2.24, 2.45) is 0 Å². The van der Waals surface area contributed by atoms with Crippen LogP contribution in [0.25, 0.3) is 0 Å². The van der Waals surface area contributed by atoms with Gasteiger partial charge in [-0.2, -0.15) is 0 Å². The molecule has 0 aliphatic carbocycles. The third-order valence-corrected chi connectivity index (χ3v) is 2.62. The number of ketones is 1. The highest BCUT2D eigenvalue weighted by Crippen LogP contribution is 2.20. The fourth-order valence-electron chi connectivity index (χ4n) is 1.75. The first-order valence-corrected chi connectivity index (χ1v) is 5.91. The smallest absolute Gasteiger partial charge is 0.163 e. The van der Waals surface area contributed by atoms with Crippen LogP contribution in [0, 0.1) is 0 Å². The summed E-state index contributed by atoms with van der Waals surface area (Å²) in [5, 5.41) is 8.91. The van der Waals surface area contributed by atoms with Crippen molar-refractivity contribution in [3.8, 4) is 0 Å². The van der Waals surface area contributed by atoms with Crippen LogP contribution in [0.1, 0.15) is 37.6 Å². The van der Waals surface area contributed by atoms with E-state index in [1.54, 1.807) is 25.3 Å². The van der Waals surface area contributed by atoms with Gasteiger partial charge in [0.25, 0.3) is 0 Å². The molecule has 0 unspecified atom stereocenters. The van der Waals surface area contributed by atoms with E-state index in [1.807, 2.05) is 4.90 Å². The van der Waals surface area contributed by atoms with Crippen LogP contribution in [-0.2, 0) is 0 Å². The zero-order valence-electron chi connectivity index (χ0n) is 10.7. The van der Waals surface area contributed by atoms with Crippen molar-refractivity contribution < 1.29 is 9.90 Å². The zero-order chi connectivity index (χ0) is 12.8. The molecule has 1 aromatic rings. The number of hydrogen-bond acceptors (Lipinski definition) is 4. The molecule has 0 aromatic carbocycles. The number of rotatable bonds is 6. The number of carbonyl (C=O) groups is 1. The van der Waals surface area contributed by atoms with E-state index in [9.17, 15) is 4.79 Å². The summed E-state index contributed by atoms with van der Waals surface area (Å²) in [5.74, 6) is 0.728. The van der Waals surface area contributed by atoms with Crippen LogP contribution in [-0.4, -0.2) is 35.1 Å². The molecule has 1 heterocycles. The van der Waals surface area contributed by atoms with E-state index in [4.69, 9.17) is 5.11 Å². The fraction of sp³-hybridized carbons (Fsp3) is 0.538. The van der Waals surface area contributed by atoms with Gasteiger partial charge in [-0.25, -0.2) is 4.98 Å². The molecule has 0 spiro atoms. The van der Waals surface area contributed by atoms with E-state index in [0.717, 1.165) is 0 Å². The summed E-state index contributed by atoms with van der Waals surface area (Å²) >= 11 is 0. The minimum atomic E-state index is 0.0164. The van der Waals surface area contributed by atoms with Crippen molar-refractivity contribution >= 4 is 11.6 Å². The first-order chi connectivity index (χ1) is 8.07. The van der Waals surface area contributed by atoms with Crippen molar-refractivity contribution in [3.63, 3.8) is 0 Å². The number of carbonyl (C=O) groups excluding carboxylic acids is 1. The van der Waals surface area contributed by atoms with Gasteiger partial charge in [0.15, 0.2) is 5.78 Å². The lowest BCUT2D eigenvalue weighted by molar-refractivity contribution is 0.101. The van der Waals surface area contributed by atoms with E-state index in [-0.39, 0.29) is 18.4 Å². The average Bonchev–Trinajstić information content (AvgIpc) is 2.29. The Morgan fingerprint density at radius 3 is 2.76 bits per heavy atom. The number of aliphatic hydroxyl groups is 1. The lowest BCUT2D eigenvalue weighted by Gasteiger charge is -2.29. The van der Waals surface area contributed by atoms with Gasteiger partial charge in [-0.05, 0) is 39.3 Å². The van der Waals surface area contributed by atoms with Gasteiger partial charge in [0, 0.05) is 25.4 Å². The molecule has 1 N–H and O–H groups in total. The number of aromatic nitrogens is 1. The SMILES string of the molecule is CC(=O)c1cccnc1N(CCCO)C(C)C. The molecule has 0 aliphatic heterocycles. The van der Waals surface area contributed by atoms with Crippen LogP contribution in [0.15, 0.2) is 18.3 Å². The maximum atomic E-state index is 11.6. The molecule has 1 aromatic heterocycles. The second-order valence-electron chi connectivity index (χ2n) is 4.30. The number of nitrogens with zero attached hydrogens (tertiary/aromatic N) is 2. The first kappa shape index (κ1) is 13.6. The molecular formula is C13H20N2O2. The number of Topliss-reactive ketones (excluding diaryl/α,β-unsaturated/α-hetero) is 1. The normalized spacial score (nSPS) is 10.6. The van der Waals surface area contributed by atoms with Gasteiger partial charge < -0.3 is 10.0 Å². The molecule has 0 radical (unpaired) electrons.